The number of carbonyl (C=O) groups is 2. The highest BCUT2D eigenvalue weighted by atomic mass is 35.5. The SMILES string of the molecule is O=C(NCc1nc2cccnc2n1C1(c2ccccc2)CC1)[C@@H](Cc1ccccc1Cl)NC(=O)C1(C(F)(F)F)CC1. The van der Waals surface area contributed by atoms with E-state index in [-0.39, 0.29) is 31.3 Å². The molecular weight excluding hydrogens is 555 g/mol. The topological polar surface area (TPSA) is 88.9 Å². The third-order valence-corrected chi connectivity index (χ3v) is 8.47. The Kier molecular flexibility index (Phi) is 6.76. The maximum absolute atomic E-state index is 13.7. The van der Waals surface area contributed by atoms with Gasteiger partial charge in [0.25, 0.3) is 0 Å². The molecule has 0 unspecified atom stereocenters. The van der Waals surface area contributed by atoms with Crippen molar-refractivity contribution >= 4 is 34.6 Å². The smallest absolute Gasteiger partial charge is 0.347 e. The van der Waals surface area contributed by atoms with E-state index in [1.807, 2.05) is 41.0 Å². The number of hydrogen-bond acceptors (Lipinski definition) is 4. The number of rotatable bonds is 9. The summed E-state index contributed by atoms with van der Waals surface area (Å²) in [7, 11) is 0. The van der Waals surface area contributed by atoms with Crippen LogP contribution in [0.5, 0.6) is 0 Å². The molecule has 1 atom stereocenters. The zero-order chi connectivity index (χ0) is 28.8. The Hall–Kier alpha value is -3.92. The average molecular weight is 582 g/mol. The third-order valence-electron chi connectivity index (χ3n) is 8.10. The van der Waals surface area contributed by atoms with E-state index < -0.39 is 29.4 Å². The standard InChI is InChI=1S/C30H27ClF3N5O2/c31-21-10-5-4-7-19(21)17-23(38-27(41)28(12-13-28)30(32,33)34)26(40)36-18-24-37-22-11-6-16-35-25(22)39(24)29(14-15-29)20-8-2-1-3-9-20/h1-11,16,23H,12-15,17-18H2,(H,36,40)(H,38,41)/t23-/m1/s1. The first-order valence-corrected chi connectivity index (χ1v) is 13.8. The molecule has 2 amide bonds. The summed E-state index contributed by atoms with van der Waals surface area (Å²) in [5.74, 6) is -1.27. The predicted molar refractivity (Wildman–Crippen MR) is 147 cm³/mol. The number of alkyl halides is 3. The van der Waals surface area contributed by atoms with E-state index >= 15 is 0 Å². The number of nitrogens with zero attached hydrogens (tertiary/aromatic N) is 3. The molecule has 41 heavy (non-hydrogen) atoms. The van der Waals surface area contributed by atoms with Crippen LogP contribution in [0.4, 0.5) is 13.2 Å². The van der Waals surface area contributed by atoms with Crippen LogP contribution in [0, 0.1) is 5.41 Å². The minimum Gasteiger partial charge on any atom is -0.347 e. The number of aromatic nitrogens is 3. The number of carbonyl (C=O) groups excluding carboxylic acids is 2. The first-order chi connectivity index (χ1) is 19.6. The highest BCUT2D eigenvalue weighted by molar-refractivity contribution is 6.31. The molecule has 0 radical (unpaired) electrons. The molecule has 0 spiro atoms. The number of benzene rings is 2. The van der Waals surface area contributed by atoms with Crippen molar-refractivity contribution < 1.29 is 22.8 Å². The van der Waals surface area contributed by atoms with Crippen LogP contribution in [-0.2, 0) is 28.1 Å². The average Bonchev–Trinajstić information content (AvgIpc) is 3.89. The van der Waals surface area contributed by atoms with Crippen LogP contribution >= 0.6 is 11.6 Å². The van der Waals surface area contributed by atoms with E-state index in [1.165, 1.54) is 0 Å². The van der Waals surface area contributed by atoms with Gasteiger partial charge in [-0.25, -0.2) is 9.97 Å². The van der Waals surface area contributed by atoms with Crippen molar-refractivity contribution in [2.24, 2.45) is 5.41 Å². The van der Waals surface area contributed by atoms with Crippen LogP contribution in [-0.4, -0.2) is 38.6 Å². The Balaban J connectivity index is 1.28. The van der Waals surface area contributed by atoms with E-state index in [0.717, 1.165) is 18.4 Å². The number of nitrogens with one attached hydrogen (secondary N) is 2. The van der Waals surface area contributed by atoms with E-state index in [2.05, 4.69) is 15.6 Å². The van der Waals surface area contributed by atoms with Crippen LogP contribution < -0.4 is 10.6 Å². The molecule has 2 heterocycles. The quantitative estimate of drug-likeness (QED) is 0.280. The summed E-state index contributed by atoms with van der Waals surface area (Å²) in [6.45, 7) is -0.0108. The molecule has 2 aromatic heterocycles. The van der Waals surface area contributed by atoms with Gasteiger partial charge in [-0.1, -0.05) is 60.1 Å². The van der Waals surface area contributed by atoms with Gasteiger partial charge in [0.1, 0.15) is 22.8 Å². The summed E-state index contributed by atoms with van der Waals surface area (Å²) >= 11 is 6.29. The molecular formula is C30H27ClF3N5O2. The van der Waals surface area contributed by atoms with Crippen molar-refractivity contribution in [1.82, 2.24) is 25.2 Å². The van der Waals surface area contributed by atoms with Gasteiger partial charge in [0.2, 0.25) is 11.8 Å². The van der Waals surface area contributed by atoms with Gasteiger partial charge in [-0.15, -0.1) is 0 Å². The predicted octanol–water partition coefficient (Wildman–Crippen LogP) is 5.31. The summed E-state index contributed by atoms with van der Waals surface area (Å²) < 4.78 is 43.0. The number of amides is 2. The van der Waals surface area contributed by atoms with Crippen molar-refractivity contribution in [2.75, 3.05) is 0 Å². The van der Waals surface area contributed by atoms with E-state index in [9.17, 15) is 22.8 Å². The molecule has 0 saturated heterocycles. The fourth-order valence-corrected chi connectivity index (χ4v) is 5.69. The molecule has 212 valence electrons. The maximum atomic E-state index is 13.7. The normalized spacial score (nSPS) is 17.6. The van der Waals surface area contributed by atoms with E-state index in [4.69, 9.17) is 16.6 Å². The summed E-state index contributed by atoms with van der Waals surface area (Å²) in [5.41, 5.74) is 0.160. The lowest BCUT2D eigenvalue weighted by Crippen LogP contribution is -2.52. The fraction of sp³-hybridized carbons (Fsp3) is 0.333. The molecule has 7 nitrogen and oxygen atoms in total. The highest BCUT2D eigenvalue weighted by Gasteiger charge is 2.68. The Labute approximate surface area is 239 Å². The molecule has 2 aliphatic rings. The van der Waals surface area contributed by atoms with Crippen LogP contribution in [0.2, 0.25) is 5.02 Å². The van der Waals surface area contributed by atoms with Gasteiger partial charge in [-0.05, 0) is 55.0 Å². The van der Waals surface area contributed by atoms with Gasteiger partial charge < -0.3 is 15.2 Å². The van der Waals surface area contributed by atoms with Gasteiger partial charge in [-0.2, -0.15) is 13.2 Å². The molecule has 2 N–H and O–H groups in total. The van der Waals surface area contributed by atoms with E-state index in [0.29, 0.717) is 27.6 Å². The summed E-state index contributed by atoms with van der Waals surface area (Å²) in [4.78, 5) is 35.7. The molecule has 2 saturated carbocycles. The number of pyridine rings is 1. The lowest BCUT2D eigenvalue weighted by Gasteiger charge is -2.24. The Morgan fingerprint density at radius 1 is 0.976 bits per heavy atom. The van der Waals surface area contributed by atoms with Gasteiger partial charge in [0.05, 0.1) is 12.1 Å². The van der Waals surface area contributed by atoms with Gasteiger partial charge in [0, 0.05) is 17.6 Å². The van der Waals surface area contributed by atoms with Gasteiger partial charge in [-0.3, -0.25) is 9.59 Å². The lowest BCUT2D eigenvalue weighted by atomic mass is 10.0. The highest BCUT2D eigenvalue weighted by Crippen LogP contribution is 2.57. The van der Waals surface area contributed by atoms with Gasteiger partial charge >= 0.3 is 6.18 Å². The van der Waals surface area contributed by atoms with Crippen molar-refractivity contribution in [3.63, 3.8) is 0 Å². The van der Waals surface area contributed by atoms with Crippen LogP contribution in [0.25, 0.3) is 11.2 Å². The molecule has 2 aliphatic carbocycles. The Morgan fingerprint density at radius 3 is 2.34 bits per heavy atom. The summed E-state index contributed by atoms with van der Waals surface area (Å²) in [6.07, 6.45) is -1.96. The molecule has 0 aliphatic heterocycles. The molecule has 2 aromatic carbocycles. The summed E-state index contributed by atoms with van der Waals surface area (Å²) in [5, 5.41) is 5.55. The molecule has 11 heteroatoms. The molecule has 4 aromatic rings. The number of hydrogen-bond donors (Lipinski definition) is 2. The zero-order valence-electron chi connectivity index (χ0n) is 21.9. The number of fused-ring (bicyclic) bond motifs is 1. The van der Waals surface area contributed by atoms with Crippen LogP contribution in [0.1, 0.15) is 42.6 Å². The minimum atomic E-state index is -4.70. The number of halogens is 4. The second-order valence-electron chi connectivity index (χ2n) is 10.7. The Morgan fingerprint density at radius 2 is 1.68 bits per heavy atom. The minimum absolute atomic E-state index is 0.0108. The number of imidazole rings is 1. The molecule has 0 bridgehead atoms. The Bertz CT molecular complexity index is 1610. The van der Waals surface area contributed by atoms with Crippen molar-refractivity contribution in [3.05, 3.63) is 94.9 Å². The molecule has 6 rings (SSSR count). The van der Waals surface area contributed by atoms with Crippen molar-refractivity contribution in [3.8, 4) is 0 Å². The third kappa shape index (κ3) is 4.94. The summed E-state index contributed by atoms with van der Waals surface area (Å²) in [6, 6.07) is 19.1. The maximum Gasteiger partial charge on any atom is 0.403 e. The zero-order valence-corrected chi connectivity index (χ0v) is 22.7. The molecule has 2 fully saturated rings. The second-order valence-corrected chi connectivity index (χ2v) is 11.1. The lowest BCUT2D eigenvalue weighted by molar-refractivity contribution is -0.192. The van der Waals surface area contributed by atoms with Crippen LogP contribution in [0.3, 0.4) is 0 Å². The first kappa shape index (κ1) is 27.3. The van der Waals surface area contributed by atoms with E-state index in [1.54, 1.807) is 36.5 Å². The first-order valence-electron chi connectivity index (χ1n) is 13.4. The van der Waals surface area contributed by atoms with Crippen molar-refractivity contribution in [2.45, 2.75) is 56.4 Å². The fourth-order valence-electron chi connectivity index (χ4n) is 5.48. The van der Waals surface area contributed by atoms with Crippen molar-refractivity contribution in [1.29, 1.82) is 0 Å². The van der Waals surface area contributed by atoms with Crippen LogP contribution in [0.15, 0.2) is 72.9 Å². The van der Waals surface area contributed by atoms with Gasteiger partial charge in [0.15, 0.2) is 5.65 Å². The second kappa shape index (κ2) is 10.2. The monoisotopic (exact) mass is 581 g/mol. The largest absolute Gasteiger partial charge is 0.403 e.